The van der Waals surface area contributed by atoms with Gasteiger partial charge in [-0.2, -0.15) is 0 Å². The molecule has 26 heavy (non-hydrogen) atoms. The van der Waals surface area contributed by atoms with E-state index in [2.05, 4.69) is 16.0 Å². The largest absolute Gasteiger partial charge is 0.444 e. The lowest BCUT2D eigenvalue weighted by atomic mass is 10.0. The van der Waals surface area contributed by atoms with Gasteiger partial charge in [-0.05, 0) is 51.3 Å². The van der Waals surface area contributed by atoms with Crippen LogP contribution in [0.1, 0.15) is 52.9 Å². The summed E-state index contributed by atoms with van der Waals surface area (Å²) in [4.78, 5) is 23.7. The summed E-state index contributed by atoms with van der Waals surface area (Å²) >= 11 is 0. The Morgan fingerprint density at radius 2 is 1.88 bits per heavy atom. The van der Waals surface area contributed by atoms with Gasteiger partial charge in [0.2, 0.25) is 0 Å². The minimum atomic E-state index is -0.755. The molecule has 7 heteroatoms. The number of anilines is 2. The topological polar surface area (TPSA) is 79.5 Å². The van der Waals surface area contributed by atoms with Crippen LogP contribution in [0.2, 0.25) is 0 Å². The van der Waals surface area contributed by atoms with Crippen molar-refractivity contribution in [1.29, 1.82) is 0 Å². The van der Waals surface area contributed by atoms with E-state index in [0.29, 0.717) is 18.2 Å². The maximum Gasteiger partial charge on any atom is 0.412 e. The monoisotopic (exact) mass is 365 g/mol. The fourth-order valence-corrected chi connectivity index (χ4v) is 2.98. The zero-order valence-corrected chi connectivity index (χ0v) is 15.7. The number of carbonyl (C=O) groups is 2. The summed E-state index contributed by atoms with van der Waals surface area (Å²) in [5.41, 5.74) is -0.353. The zero-order chi connectivity index (χ0) is 19.2. The van der Waals surface area contributed by atoms with Crippen molar-refractivity contribution in [2.45, 2.75) is 58.5 Å². The molecule has 1 saturated carbocycles. The number of rotatable bonds is 5. The van der Waals surface area contributed by atoms with Gasteiger partial charge in [0.1, 0.15) is 11.4 Å². The Balaban J connectivity index is 1.85. The Labute approximate surface area is 153 Å². The Bertz CT molecular complexity index is 637. The van der Waals surface area contributed by atoms with Crippen molar-refractivity contribution >= 4 is 23.5 Å². The first kappa shape index (κ1) is 20.0. The molecule has 0 bridgehead atoms. The van der Waals surface area contributed by atoms with Crippen LogP contribution in [0.4, 0.5) is 25.4 Å². The van der Waals surface area contributed by atoms with Crippen molar-refractivity contribution in [1.82, 2.24) is 5.32 Å². The van der Waals surface area contributed by atoms with Crippen LogP contribution in [0.15, 0.2) is 18.2 Å². The molecule has 1 aromatic carbocycles. The van der Waals surface area contributed by atoms with E-state index in [4.69, 9.17) is 4.74 Å². The smallest absolute Gasteiger partial charge is 0.412 e. The summed E-state index contributed by atoms with van der Waals surface area (Å²) < 4.78 is 19.0. The SMILES string of the molecule is CC(C)(C)OC(=O)Nc1cc(NC(=O)NCCC2CCCC2)ccc1F. The van der Waals surface area contributed by atoms with E-state index in [1.807, 2.05) is 0 Å². The van der Waals surface area contributed by atoms with Crippen LogP contribution in [-0.4, -0.2) is 24.3 Å². The molecule has 0 radical (unpaired) electrons. The summed E-state index contributed by atoms with van der Waals surface area (Å²) in [7, 11) is 0. The Morgan fingerprint density at radius 1 is 1.19 bits per heavy atom. The Hall–Kier alpha value is -2.31. The second kappa shape index (κ2) is 8.87. The third kappa shape index (κ3) is 6.90. The van der Waals surface area contributed by atoms with Crippen LogP contribution in [-0.2, 0) is 4.74 Å². The van der Waals surface area contributed by atoms with E-state index < -0.39 is 17.5 Å². The number of benzene rings is 1. The van der Waals surface area contributed by atoms with Crippen LogP contribution >= 0.6 is 0 Å². The molecule has 1 aliphatic rings. The second-order valence-corrected chi connectivity index (χ2v) is 7.64. The lowest BCUT2D eigenvalue weighted by Gasteiger charge is -2.20. The van der Waals surface area contributed by atoms with Crippen molar-refractivity contribution < 1.29 is 18.7 Å². The molecule has 6 nitrogen and oxygen atoms in total. The molecule has 1 fully saturated rings. The van der Waals surface area contributed by atoms with E-state index in [1.54, 1.807) is 20.8 Å². The fourth-order valence-electron chi connectivity index (χ4n) is 2.98. The van der Waals surface area contributed by atoms with Crippen molar-refractivity contribution in [3.63, 3.8) is 0 Å². The van der Waals surface area contributed by atoms with Gasteiger partial charge in [-0.1, -0.05) is 25.7 Å². The highest BCUT2D eigenvalue weighted by Gasteiger charge is 2.18. The average Bonchev–Trinajstić information content (AvgIpc) is 3.02. The number of carbonyl (C=O) groups excluding carboxylic acids is 2. The fraction of sp³-hybridized carbons (Fsp3) is 0.579. The zero-order valence-electron chi connectivity index (χ0n) is 15.7. The maximum atomic E-state index is 13.9. The second-order valence-electron chi connectivity index (χ2n) is 7.64. The van der Waals surface area contributed by atoms with Crippen LogP contribution in [0.3, 0.4) is 0 Å². The van der Waals surface area contributed by atoms with Crippen molar-refractivity contribution in [3.8, 4) is 0 Å². The van der Waals surface area contributed by atoms with Gasteiger partial charge in [0.25, 0.3) is 0 Å². The molecule has 1 aliphatic carbocycles. The van der Waals surface area contributed by atoms with E-state index in [-0.39, 0.29) is 11.7 Å². The quantitative estimate of drug-likeness (QED) is 0.696. The van der Waals surface area contributed by atoms with E-state index >= 15 is 0 Å². The third-order valence-electron chi connectivity index (χ3n) is 4.17. The first-order valence-electron chi connectivity index (χ1n) is 9.07. The van der Waals surface area contributed by atoms with Crippen molar-refractivity contribution in [2.24, 2.45) is 5.92 Å². The number of ether oxygens (including phenoxy) is 1. The molecule has 3 amide bonds. The molecule has 144 valence electrons. The van der Waals surface area contributed by atoms with Crippen LogP contribution in [0, 0.1) is 11.7 Å². The lowest BCUT2D eigenvalue weighted by Crippen LogP contribution is -2.30. The molecule has 0 unspecified atom stereocenters. The van der Waals surface area contributed by atoms with Gasteiger partial charge in [-0.25, -0.2) is 14.0 Å². The predicted molar refractivity (Wildman–Crippen MR) is 99.9 cm³/mol. The molecule has 3 N–H and O–H groups in total. The molecule has 0 saturated heterocycles. The highest BCUT2D eigenvalue weighted by Crippen LogP contribution is 2.27. The number of urea groups is 1. The highest BCUT2D eigenvalue weighted by atomic mass is 19.1. The molecular formula is C19H28FN3O3. The lowest BCUT2D eigenvalue weighted by molar-refractivity contribution is 0.0635. The van der Waals surface area contributed by atoms with E-state index in [1.165, 1.54) is 43.9 Å². The normalized spacial score (nSPS) is 14.8. The van der Waals surface area contributed by atoms with Gasteiger partial charge >= 0.3 is 12.1 Å². The molecule has 0 spiro atoms. The number of hydrogen-bond acceptors (Lipinski definition) is 3. The van der Waals surface area contributed by atoms with Gasteiger partial charge in [-0.3, -0.25) is 5.32 Å². The van der Waals surface area contributed by atoms with Crippen LogP contribution in [0.25, 0.3) is 0 Å². The minimum Gasteiger partial charge on any atom is -0.444 e. The van der Waals surface area contributed by atoms with Gasteiger partial charge in [0, 0.05) is 12.2 Å². The summed E-state index contributed by atoms with van der Waals surface area (Å²) in [5, 5.41) is 7.81. The highest BCUT2D eigenvalue weighted by molar-refractivity contribution is 5.91. The van der Waals surface area contributed by atoms with E-state index in [0.717, 1.165) is 6.42 Å². The number of halogens is 1. The first-order chi connectivity index (χ1) is 12.2. The summed E-state index contributed by atoms with van der Waals surface area (Å²) in [6.07, 6.45) is 5.25. The minimum absolute atomic E-state index is 0.0528. The maximum absolute atomic E-state index is 13.9. The third-order valence-corrected chi connectivity index (χ3v) is 4.17. The number of amides is 3. The molecule has 0 aromatic heterocycles. The van der Waals surface area contributed by atoms with Crippen LogP contribution in [0.5, 0.6) is 0 Å². The van der Waals surface area contributed by atoms with Crippen molar-refractivity contribution in [2.75, 3.05) is 17.2 Å². The summed E-state index contributed by atoms with van der Waals surface area (Å²) in [6, 6.07) is 3.63. The summed E-state index contributed by atoms with van der Waals surface area (Å²) in [6.45, 7) is 5.77. The first-order valence-corrected chi connectivity index (χ1v) is 9.07. The predicted octanol–water partition coefficient (Wildman–Crippen LogP) is 4.87. The average molecular weight is 365 g/mol. The Morgan fingerprint density at radius 3 is 2.54 bits per heavy atom. The van der Waals surface area contributed by atoms with Crippen molar-refractivity contribution in [3.05, 3.63) is 24.0 Å². The van der Waals surface area contributed by atoms with Gasteiger partial charge in [0.05, 0.1) is 5.69 Å². The van der Waals surface area contributed by atoms with Gasteiger partial charge < -0.3 is 15.4 Å². The molecule has 1 aromatic rings. The number of hydrogen-bond donors (Lipinski definition) is 3. The molecular weight excluding hydrogens is 337 g/mol. The number of nitrogens with one attached hydrogen (secondary N) is 3. The molecule has 0 atom stereocenters. The summed E-state index contributed by atoms with van der Waals surface area (Å²) in [5.74, 6) is 0.0915. The standard InChI is InChI=1S/C19H28FN3O3/c1-19(2,3)26-18(25)23-16-12-14(8-9-15(16)20)22-17(24)21-11-10-13-6-4-5-7-13/h8-9,12-13H,4-7,10-11H2,1-3H3,(H,23,25)(H2,21,22,24). The molecule has 0 heterocycles. The van der Waals surface area contributed by atoms with Crippen LogP contribution < -0.4 is 16.0 Å². The van der Waals surface area contributed by atoms with Gasteiger partial charge in [-0.15, -0.1) is 0 Å². The molecule has 0 aliphatic heterocycles. The van der Waals surface area contributed by atoms with E-state index in [9.17, 15) is 14.0 Å². The molecule has 2 rings (SSSR count). The van der Waals surface area contributed by atoms with Gasteiger partial charge in [0.15, 0.2) is 0 Å². The Kier molecular flexibility index (Phi) is 6.83.